The van der Waals surface area contributed by atoms with Crippen LogP contribution in [0.4, 0.5) is 5.69 Å². The maximum atomic E-state index is 9.21. The molecule has 1 aliphatic heterocycles. The lowest BCUT2D eigenvalue weighted by Gasteiger charge is -2.32. The van der Waals surface area contributed by atoms with Crippen LogP contribution in [0.15, 0.2) is 24.3 Å². The summed E-state index contributed by atoms with van der Waals surface area (Å²) >= 11 is 5.91. The number of nitrogens with zero attached hydrogens (tertiary/aromatic N) is 2. The van der Waals surface area contributed by atoms with Gasteiger partial charge in [0.15, 0.2) is 0 Å². The van der Waals surface area contributed by atoms with Gasteiger partial charge in [0.25, 0.3) is 0 Å². The molecular formula is C10H13ClN2O. The summed E-state index contributed by atoms with van der Waals surface area (Å²) in [4.78, 5) is 2.22. The van der Waals surface area contributed by atoms with Gasteiger partial charge in [-0.05, 0) is 18.2 Å². The molecule has 1 N–H and O–H groups in total. The zero-order chi connectivity index (χ0) is 9.97. The van der Waals surface area contributed by atoms with Crippen LogP contribution in [0.3, 0.4) is 0 Å². The lowest BCUT2D eigenvalue weighted by atomic mass is 10.2. The van der Waals surface area contributed by atoms with Crippen molar-refractivity contribution in [2.24, 2.45) is 0 Å². The van der Waals surface area contributed by atoms with Crippen LogP contribution in [0, 0.1) is 0 Å². The molecule has 1 aromatic carbocycles. The van der Waals surface area contributed by atoms with Crippen LogP contribution in [0.1, 0.15) is 0 Å². The standard InChI is InChI=1S/C10H13ClN2O/c11-9-2-1-3-10(8-9)12-4-6-13(14)7-5-12/h1-3,8,14H,4-7H2. The summed E-state index contributed by atoms with van der Waals surface area (Å²) in [5.74, 6) is 0. The fourth-order valence-electron chi connectivity index (χ4n) is 1.63. The predicted octanol–water partition coefficient (Wildman–Crippen LogP) is 1.85. The highest BCUT2D eigenvalue weighted by Gasteiger charge is 2.15. The first kappa shape index (κ1) is 9.77. The first-order chi connectivity index (χ1) is 6.75. The summed E-state index contributed by atoms with van der Waals surface area (Å²) in [5, 5.41) is 11.3. The van der Waals surface area contributed by atoms with Crippen molar-refractivity contribution in [1.29, 1.82) is 0 Å². The molecule has 14 heavy (non-hydrogen) atoms. The average Bonchev–Trinajstić information content (AvgIpc) is 2.19. The van der Waals surface area contributed by atoms with E-state index in [-0.39, 0.29) is 0 Å². The topological polar surface area (TPSA) is 26.7 Å². The van der Waals surface area contributed by atoms with Crippen molar-refractivity contribution in [3.8, 4) is 0 Å². The number of hydroxylamine groups is 2. The van der Waals surface area contributed by atoms with E-state index in [0.717, 1.165) is 23.8 Å². The van der Waals surface area contributed by atoms with Gasteiger partial charge in [0.05, 0.1) is 0 Å². The summed E-state index contributed by atoms with van der Waals surface area (Å²) in [5.41, 5.74) is 1.13. The van der Waals surface area contributed by atoms with Gasteiger partial charge < -0.3 is 10.1 Å². The first-order valence-corrected chi connectivity index (χ1v) is 5.08. The second kappa shape index (κ2) is 4.17. The zero-order valence-electron chi connectivity index (χ0n) is 7.86. The summed E-state index contributed by atoms with van der Waals surface area (Å²) in [6.45, 7) is 3.06. The molecule has 1 heterocycles. The number of benzene rings is 1. The number of hydrogen-bond donors (Lipinski definition) is 1. The molecule has 4 heteroatoms. The second-order valence-corrected chi connectivity index (χ2v) is 3.86. The van der Waals surface area contributed by atoms with Gasteiger partial charge in [0, 0.05) is 36.9 Å². The molecule has 2 rings (SSSR count). The fourth-order valence-corrected chi connectivity index (χ4v) is 1.81. The molecule has 76 valence electrons. The molecule has 0 radical (unpaired) electrons. The number of rotatable bonds is 1. The van der Waals surface area contributed by atoms with E-state index >= 15 is 0 Å². The normalized spacial score (nSPS) is 18.6. The molecule has 0 spiro atoms. The molecule has 1 fully saturated rings. The van der Waals surface area contributed by atoms with Crippen LogP contribution in [0.5, 0.6) is 0 Å². The van der Waals surface area contributed by atoms with Crippen molar-refractivity contribution < 1.29 is 5.21 Å². The van der Waals surface area contributed by atoms with Crippen LogP contribution < -0.4 is 4.90 Å². The van der Waals surface area contributed by atoms with E-state index in [0.29, 0.717) is 13.1 Å². The highest BCUT2D eigenvalue weighted by Crippen LogP contribution is 2.20. The van der Waals surface area contributed by atoms with Crippen molar-refractivity contribution in [2.45, 2.75) is 0 Å². The summed E-state index contributed by atoms with van der Waals surface area (Å²) in [6.07, 6.45) is 0. The Hall–Kier alpha value is -0.770. The number of hydrogen-bond acceptors (Lipinski definition) is 3. The molecule has 0 saturated carbocycles. The van der Waals surface area contributed by atoms with Gasteiger partial charge in [-0.2, -0.15) is 5.06 Å². The molecule has 3 nitrogen and oxygen atoms in total. The predicted molar refractivity (Wildman–Crippen MR) is 57.0 cm³/mol. The molecule has 0 atom stereocenters. The van der Waals surface area contributed by atoms with Crippen LogP contribution >= 0.6 is 11.6 Å². The van der Waals surface area contributed by atoms with E-state index in [2.05, 4.69) is 4.90 Å². The van der Waals surface area contributed by atoms with Crippen LogP contribution in [-0.4, -0.2) is 36.4 Å². The van der Waals surface area contributed by atoms with Crippen molar-refractivity contribution in [3.05, 3.63) is 29.3 Å². The fraction of sp³-hybridized carbons (Fsp3) is 0.400. The smallest absolute Gasteiger partial charge is 0.0426 e. The van der Waals surface area contributed by atoms with Gasteiger partial charge in [-0.1, -0.05) is 17.7 Å². The van der Waals surface area contributed by atoms with Gasteiger partial charge in [0.2, 0.25) is 0 Å². The SMILES string of the molecule is ON1CCN(c2cccc(Cl)c2)CC1. The van der Waals surface area contributed by atoms with Gasteiger partial charge in [0.1, 0.15) is 0 Å². The van der Waals surface area contributed by atoms with Gasteiger partial charge in [-0.3, -0.25) is 0 Å². The summed E-state index contributed by atoms with van der Waals surface area (Å²) < 4.78 is 0. The number of halogens is 1. The molecule has 0 bridgehead atoms. The molecule has 1 aliphatic rings. The Balaban J connectivity index is 2.08. The summed E-state index contributed by atoms with van der Waals surface area (Å²) in [7, 11) is 0. The molecule has 1 saturated heterocycles. The minimum atomic E-state index is 0.687. The van der Waals surface area contributed by atoms with Crippen LogP contribution in [0.2, 0.25) is 5.02 Å². The molecule has 0 amide bonds. The third-order valence-corrected chi connectivity index (χ3v) is 2.66. The van der Waals surface area contributed by atoms with E-state index in [9.17, 15) is 5.21 Å². The van der Waals surface area contributed by atoms with Crippen molar-refractivity contribution in [2.75, 3.05) is 31.1 Å². The minimum absolute atomic E-state index is 0.687. The summed E-state index contributed by atoms with van der Waals surface area (Å²) in [6, 6.07) is 7.81. The third kappa shape index (κ3) is 2.18. The largest absolute Gasteiger partial charge is 0.369 e. The molecule has 0 unspecified atom stereocenters. The van der Waals surface area contributed by atoms with Gasteiger partial charge in [-0.15, -0.1) is 0 Å². The monoisotopic (exact) mass is 212 g/mol. The average molecular weight is 213 g/mol. The van der Waals surface area contributed by atoms with Gasteiger partial charge in [-0.25, -0.2) is 0 Å². The van der Waals surface area contributed by atoms with Crippen molar-refractivity contribution in [3.63, 3.8) is 0 Å². The Morgan fingerprint density at radius 2 is 1.86 bits per heavy atom. The van der Waals surface area contributed by atoms with E-state index in [1.54, 1.807) is 0 Å². The Labute approximate surface area is 88.5 Å². The van der Waals surface area contributed by atoms with Crippen LogP contribution in [-0.2, 0) is 0 Å². The van der Waals surface area contributed by atoms with E-state index in [1.807, 2.05) is 24.3 Å². The van der Waals surface area contributed by atoms with Gasteiger partial charge >= 0.3 is 0 Å². The van der Waals surface area contributed by atoms with E-state index < -0.39 is 0 Å². The second-order valence-electron chi connectivity index (χ2n) is 3.42. The molecule has 0 aromatic heterocycles. The highest BCUT2D eigenvalue weighted by atomic mass is 35.5. The van der Waals surface area contributed by atoms with E-state index in [1.165, 1.54) is 5.06 Å². The minimum Gasteiger partial charge on any atom is -0.369 e. The molecule has 1 aromatic rings. The lowest BCUT2D eigenvalue weighted by molar-refractivity contribution is -0.0935. The number of piperazine rings is 1. The Bertz CT molecular complexity index is 311. The first-order valence-electron chi connectivity index (χ1n) is 4.70. The lowest BCUT2D eigenvalue weighted by Crippen LogP contribution is -2.44. The zero-order valence-corrected chi connectivity index (χ0v) is 8.61. The molecular weight excluding hydrogens is 200 g/mol. The number of anilines is 1. The quantitative estimate of drug-likeness (QED) is 0.770. The maximum Gasteiger partial charge on any atom is 0.0426 e. The van der Waals surface area contributed by atoms with E-state index in [4.69, 9.17) is 11.6 Å². The Kier molecular flexibility index (Phi) is 2.91. The highest BCUT2D eigenvalue weighted by molar-refractivity contribution is 6.30. The Morgan fingerprint density at radius 1 is 1.14 bits per heavy atom. The third-order valence-electron chi connectivity index (χ3n) is 2.43. The maximum absolute atomic E-state index is 9.21. The Morgan fingerprint density at radius 3 is 2.50 bits per heavy atom. The van der Waals surface area contributed by atoms with Crippen LogP contribution in [0.25, 0.3) is 0 Å². The van der Waals surface area contributed by atoms with Crippen molar-refractivity contribution in [1.82, 2.24) is 5.06 Å². The molecule has 0 aliphatic carbocycles. The van der Waals surface area contributed by atoms with Crippen molar-refractivity contribution >= 4 is 17.3 Å².